The second-order valence-electron chi connectivity index (χ2n) is 14.4. The maximum absolute atomic E-state index is 14.0. The van der Waals surface area contributed by atoms with Crippen molar-refractivity contribution in [1.82, 2.24) is 31.1 Å². The minimum atomic E-state index is -1.36. The summed E-state index contributed by atoms with van der Waals surface area (Å²) in [6.07, 6.45) is 0.797. The molecule has 1 fully saturated rings. The maximum atomic E-state index is 14.0. The SMILES string of the molecule is C[C@@H](C(=O)N[C@@H](Cc1ccccc1)C(=O)NCC(=O)N[C@@H](Cc1ccc(O)cc1)C(=O)N1CCC[C@H]1C(=O)N[C@@H](CO)C(N)=O)N(C)C(=O)[C@@H](N)Cc1ccc(O)cc1. The van der Waals surface area contributed by atoms with Gasteiger partial charge in [0.05, 0.1) is 19.2 Å². The summed E-state index contributed by atoms with van der Waals surface area (Å²) >= 11 is 0. The molecule has 1 aliphatic rings. The Morgan fingerprint density at radius 1 is 0.763 bits per heavy atom. The first-order chi connectivity index (χ1) is 28.1. The number of nitrogens with two attached hydrogens (primary N) is 2. The molecular formula is C41H52N8O10. The molecule has 0 spiro atoms. The molecule has 0 radical (unpaired) electrons. The van der Waals surface area contributed by atoms with Gasteiger partial charge in [-0.15, -0.1) is 0 Å². The van der Waals surface area contributed by atoms with E-state index in [1.165, 1.54) is 48.0 Å². The number of carbonyl (C=O) groups is 7. The van der Waals surface area contributed by atoms with E-state index in [1.54, 1.807) is 54.6 Å². The number of likely N-dealkylation sites (tertiary alicyclic amines) is 1. The van der Waals surface area contributed by atoms with Crippen LogP contribution in [0.5, 0.6) is 11.5 Å². The number of primary amides is 1. The molecule has 4 rings (SSSR count). The summed E-state index contributed by atoms with van der Waals surface area (Å²) in [5, 5.41) is 39.0. The lowest BCUT2D eigenvalue weighted by atomic mass is 10.0. The Balaban J connectivity index is 1.44. The smallest absolute Gasteiger partial charge is 0.246 e. The quantitative estimate of drug-likeness (QED) is 0.0660. The monoisotopic (exact) mass is 816 g/mol. The number of hydrogen-bond donors (Lipinski definition) is 9. The number of amides is 7. The largest absolute Gasteiger partial charge is 0.508 e. The van der Waals surface area contributed by atoms with E-state index < -0.39 is 90.8 Å². The highest BCUT2D eigenvalue weighted by atomic mass is 16.3. The molecule has 3 aromatic rings. The van der Waals surface area contributed by atoms with Gasteiger partial charge in [-0.25, -0.2) is 0 Å². The van der Waals surface area contributed by atoms with Gasteiger partial charge in [-0.2, -0.15) is 0 Å². The molecule has 1 aliphatic heterocycles. The fourth-order valence-electron chi connectivity index (χ4n) is 6.53. The van der Waals surface area contributed by atoms with Crippen molar-refractivity contribution in [2.75, 3.05) is 26.7 Å². The van der Waals surface area contributed by atoms with Crippen molar-refractivity contribution < 1.29 is 48.9 Å². The number of aliphatic hydroxyl groups is 1. The average molecular weight is 817 g/mol. The van der Waals surface area contributed by atoms with Crippen molar-refractivity contribution in [2.45, 2.75) is 75.3 Å². The zero-order valence-corrected chi connectivity index (χ0v) is 32.9. The van der Waals surface area contributed by atoms with Crippen LogP contribution in [0.25, 0.3) is 0 Å². The van der Waals surface area contributed by atoms with E-state index in [9.17, 15) is 48.9 Å². The lowest BCUT2D eigenvalue weighted by Crippen LogP contribution is -2.58. The maximum Gasteiger partial charge on any atom is 0.246 e. The fourth-order valence-corrected chi connectivity index (χ4v) is 6.53. The van der Waals surface area contributed by atoms with E-state index in [1.807, 2.05) is 0 Å². The number of rotatable bonds is 19. The van der Waals surface area contributed by atoms with Gasteiger partial charge in [0, 0.05) is 26.4 Å². The molecule has 6 atom stereocenters. The van der Waals surface area contributed by atoms with Crippen LogP contribution in [0.1, 0.15) is 36.5 Å². The molecule has 0 bridgehead atoms. The molecule has 11 N–H and O–H groups in total. The second-order valence-corrected chi connectivity index (χ2v) is 14.4. The number of nitrogens with one attached hydrogen (secondary N) is 4. The fraction of sp³-hybridized carbons (Fsp3) is 0.390. The van der Waals surface area contributed by atoms with Gasteiger partial charge < -0.3 is 57.9 Å². The van der Waals surface area contributed by atoms with E-state index >= 15 is 0 Å². The van der Waals surface area contributed by atoms with Crippen LogP contribution in [-0.2, 0) is 52.8 Å². The summed E-state index contributed by atoms with van der Waals surface area (Å²) < 4.78 is 0. The Hall–Kier alpha value is -6.53. The Morgan fingerprint density at radius 2 is 1.32 bits per heavy atom. The Bertz CT molecular complexity index is 1950. The van der Waals surface area contributed by atoms with Gasteiger partial charge in [-0.3, -0.25) is 33.6 Å². The molecule has 0 saturated carbocycles. The van der Waals surface area contributed by atoms with Crippen LogP contribution < -0.4 is 32.7 Å². The van der Waals surface area contributed by atoms with Crippen LogP contribution in [0.2, 0.25) is 0 Å². The molecule has 18 nitrogen and oxygen atoms in total. The number of hydrogen-bond acceptors (Lipinski definition) is 11. The van der Waals surface area contributed by atoms with Crippen LogP contribution in [0, 0.1) is 0 Å². The van der Waals surface area contributed by atoms with Crippen molar-refractivity contribution in [3.63, 3.8) is 0 Å². The van der Waals surface area contributed by atoms with E-state index in [2.05, 4.69) is 21.3 Å². The number of nitrogens with zero attached hydrogens (tertiary/aromatic N) is 2. The number of aliphatic hydroxyl groups excluding tert-OH is 1. The van der Waals surface area contributed by atoms with Gasteiger partial charge in [0.25, 0.3) is 0 Å². The Morgan fingerprint density at radius 3 is 1.90 bits per heavy atom. The number of carbonyl (C=O) groups excluding carboxylic acids is 7. The molecule has 7 amide bonds. The summed E-state index contributed by atoms with van der Waals surface area (Å²) in [4.78, 5) is 95.0. The second kappa shape index (κ2) is 21.3. The third kappa shape index (κ3) is 13.0. The molecule has 59 heavy (non-hydrogen) atoms. The molecule has 1 saturated heterocycles. The van der Waals surface area contributed by atoms with Crippen molar-refractivity contribution in [3.8, 4) is 11.5 Å². The molecule has 316 valence electrons. The highest BCUT2D eigenvalue weighted by molar-refractivity contribution is 5.96. The predicted molar refractivity (Wildman–Crippen MR) is 214 cm³/mol. The molecule has 0 aromatic heterocycles. The first-order valence-electron chi connectivity index (χ1n) is 19.1. The van der Waals surface area contributed by atoms with Crippen LogP contribution >= 0.6 is 0 Å². The van der Waals surface area contributed by atoms with Crippen LogP contribution in [-0.4, -0.2) is 129 Å². The van der Waals surface area contributed by atoms with Crippen molar-refractivity contribution in [1.29, 1.82) is 0 Å². The molecule has 18 heteroatoms. The number of phenolic OH excluding ortho intramolecular Hbond substituents is 2. The highest BCUT2D eigenvalue weighted by Gasteiger charge is 2.39. The van der Waals surface area contributed by atoms with Crippen LogP contribution in [0.3, 0.4) is 0 Å². The third-order valence-electron chi connectivity index (χ3n) is 10.0. The summed E-state index contributed by atoms with van der Waals surface area (Å²) in [5.74, 6) is -4.93. The standard InChI is InChI=1S/C41H52N8O10/c1-24(48(2)40(58)30(42)19-26-10-14-28(51)15-11-26)37(55)46-31(20-25-7-4-3-5-8-25)38(56)44-22-35(53)45-32(21-27-12-16-29(52)17-13-27)41(59)49-18-6-9-34(49)39(57)47-33(23-50)36(43)54/h3-5,7-8,10-17,24,30-34,50-52H,6,9,18-23,42H2,1-2H3,(H2,43,54)(H,44,56)(H,45,53)(H,46,55)(H,47,57)/t24-,30-,31-,32-,33-,34-/m0/s1. The van der Waals surface area contributed by atoms with Gasteiger partial charge >= 0.3 is 0 Å². The minimum absolute atomic E-state index is 0.0217. The third-order valence-corrected chi connectivity index (χ3v) is 10.0. The first-order valence-corrected chi connectivity index (χ1v) is 19.1. The first kappa shape index (κ1) is 45.2. The van der Waals surface area contributed by atoms with Crippen molar-refractivity contribution in [3.05, 3.63) is 95.6 Å². The normalized spacial score (nSPS) is 16.1. The summed E-state index contributed by atoms with van der Waals surface area (Å²) in [5.41, 5.74) is 13.4. The molecule has 1 heterocycles. The zero-order chi connectivity index (χ0) is 43.2. The summed E-state index contributed by atoms with van der Waals surface area (Å²) in [6.45, 7) is 0.283. The van der Waals surface area contributed by atoms with E-state index in [0.29, 0.717) is 23.1 Å². The van der Waals surface area contributed by atoms with E-state index in [4.69, 9.17) is 11.5 Å². The number of phenols is 2. The number of benzene rings is 3. The van der Waals surface area contributed by atoms with Gasteiger partial charge in [-0.1, -0.05) is 54.6 Å². The number of likely N-dealkylation sites (N-methyl/N-ethyl adjacent to an activating group) is 1. The Labute approximate surface area is 341 Å². The molecule has 3 aromatic carbocycles. The van der Waals surface area contributed by atoms with Crippen molar-refractivity contribution >= 4 is 41.4 Å². The molecular weight excluding hydrogens is 764 g/mol. The zero-order valence-electron chi connectivity index (χ0n) is 32.9. The minimum Gasteiger partial charge on any atom is -0.508 e. The average Bonchev–Trinajstić information content (AvgIpc) is 3.72. The number of aromatic hydroxyl groups is 2. The van der Waals surface area contributed by atoms with Crippen LogP contribution in [0.4, 0.5) is 0 Å². The summed E-state index contributed by atoms with van der Waals surface area (Å²) in [6, 6.07) is 14.1. The van der Waals surface area contributed by atoms with Crippen LogP contribution in [0.15, 0.2) is 78.9 Å². The van der Waals surface area contributed by atoms with Gasteiger partial charge in [-0.05, 0) is 67.1 Å². The van der Waals surface area contributed by atoms with Crippen molar-refractivity contribution in [2.24, 2.45) is 11.5 Å². The predicted octanol–water partition coefficient (Wildman–Crippen LogP) is -1.66. The van der Waals surface area contributed by atoms with Gasteiger partial charge in [0.2, 0.25) is 41.4 Å². The lowest BCUT2D eigenvalue weighted by molar-refractivity contribution is -0.142. The van der Waals surface area contributed by atoms with Gasteiger partial charge in [0.1, 0.15) is 41.7 Å². The Kier molecular flexibility index (Phi) is 16.3. The van der Waals surface area contributed by atoms with Gasteiger partial charge in [0.15, 0.2) is 0 Å². The van der Waals surface area contributed by atoms with E-state index in [-0.39, 0.29) is 43.7 Å². The topological polar surface area (TPSA) is 287 Å². The molecule has 0 unspecified atom stereocenters. The highest BCUT2D eigenvalue weighted by Crippen LogP contribution is 2.21. The lowest BCUT2D eigenvalue weighted by Gasteiger charge is -2.30. The molecule has 0 aliphatic carbocycles. The van der Waals surface area contributed by atoms with E-state index in [0.717, 1.165) is 0 Å². The summed E-state index contributed by atoms with van der Waals surface area (Å²) in [7, 11) is 1.42.